The summed E-state index contributed by atoms with van der Waals surface area (Å²) in [5.74, 6) is -0.872. The first-order chi connectivity index (χ1) is 21.3. The molecule has 232 valence electrons. The minimum Gasteiger partial charge on any atom is -0.508 e. The first-order valence-corrected chi connectivity index (χ1v) is 15.5. The molecule has 0 radical (unpaired) electrons. The number of hydrogen-bond donors (Lipinski definition) is 2. The molecule has 0 unspecified atom stereocenters. The summed E-state index contributed by atoms with van der Waals surface area (Å²) in [5, 5.41) is 22.5. The number of ether oxygens (including phenoxy) is 1. The van der Waals surface area contributed by atoms with Crippen LogP contribution in [0.25, 0.3) is 32.9 Å². The number of pyridine rings is 1. The maximum absolute atomic E-state index is 16.7. The van der Waals surface area contributed by atoms with Gasteiger partial charge in [0.2, 0.25) is 0 Å². The van der Waals surface area contributed by atoms with Gasteiger partial charge in [0.1, 0.15) is 41.4 Å². The molecule has 44 heavy (non-hydrogen) atoms. The minimum atomic E-state index is -0.924. The van der Waals surface area contributed by atoms with Crippen LogP contribution in [-0.2, 0) is 6.42 Å². The molecule has 7 rings (SSSR count). The number of aliphatic hydroxyl groups excluding tert-OH is 1. The second-order valence-corrected chi connectivity index (χ2v) is 12.4. The Labute approximate surface area is 253 Å². The molecule has 0 saturated carbocycles. The van der Waals surface area contributed by atoms with E-state index in [9.17, 15) is 19.0 Å². The summed E-state index contributed by atoms with van der Waals surface area (Å²) in [6, 6.07) is 5.77. The van der Waals surface area contributed by atoms with E-state index in [4.69, 9.17) is 9.72 Å². The largest absolute Gasteiger partial charge is 0.508 e. The lowest BCUT2D eigenvalue weighted by molar-refractivity contribution is 0.107. The van der Waals surface area contributed by atoms with Crippen LogP contribution in [0.1, 0.15) is 51.0 Å². The van der Waals surface area contributed by atoms with Gasteiger partial charge in [-0.05, 0) is 79.6 Å². The summed E-state index contributed by atoms with van der Waals surface area (Å²) in [4.78, 5) is 17.8. The van der Waals surface area contributed by atoms with Gasteiger partial charge in [0.15, 0.2) is 5.82 Å². The third-order valence-electron chi connectivity index (χ3n) is 9.58. The first-order valence-electron chi connectivity index (χ1n) is 15.5. The normalized spacial score (nSPS) is 24.2. The minimum absolute atomic E-state index is 0.0322. The molecule has 0 spiro atoms. The second kappa shape index (κ2) is 11.3. The van der Waals surface area contributed by atoms with Crippen molar-refractivity contribution in [1.82, 2.24) is 19.9 Å². The fourth-order valence-corrected chi connectivity index (χ4v) is 7.51. The average Bonchev–Trinajstić information content (AvgIpc) is 3.43. The lowest BCUT2D eigenvalue weighted by Gasteiger charge is -2.31. The Morgan fingerprint density at radius 2 is 1.95 bits per heavy atom. The fraction of sp³-hybridized carbons (Fsp3) is 0.485. The van der Waals surface area contributed by atoms with Crippen LogP contribution in [0.5, 0.6) is 11.8 Å². The number of nitrogens with zero attached hydrogens (tertiary/aromatic N) is 5. The Morgan fingerprint density at radius 1 is 1.09 bits per heavy atom. The Balaban J connectivity index is 1.38. The van der Waals surface area contributed by atoms with Crippen molar-refractivity contribution in [2.45, 2.75) is 69.7 Å². The lowest BCUT2D eigenvalue weighted by Crippen LogP contribution is -2.43. The van der Waals surface area contributed by atoms with Crippen molar-refractivity contribution in [1.29, 1.82) is 0 Å². The zero-order valence-corrected chi connectivity index (χ0v) is 24.7. The van der Waals surface area contributed by atoms with Gasteiger partial charge in [0.05, 0.1) is 17.0 Å². The number of anilines is 1. The van der Waals surface area contributed by atoms with Crippen LogP contribution in [-0.4, -0.2) is 80.7 Å². The van der Waals surface area contributed by atoms with Gasteiger partial charge in [-0.25, -0.2) is 13.2 Å². The number of phenols is 1. The van der Waals surface area contributed by atoms with Gasteiger partial charge in [0.25, 0.3) is 0 Å². The Bertz CT molecular complexity index is 1740. The Morgan fingerprint density at radius 3 is 2.80 bits per heavy atom. The van der Waals surface area contributed by atoms with Crippen molar-refractivity contribution in [3.8, 4) is 23.0 Å². The summed E-state index contributed by atoms with van der Waals surface area (Å²) in [7, 11) is 0. The van der Waals surface area contributed by atoms with Crippen LogP contribution in [0.15, 0.2) is 30.5 Å². The highest BCUT2D eigenvalue weighted by Crippen LogP contribution is 2.42. The van der Waals surface area contributed by atoms with Crippen molar-refractivity contribution in [3.05, 3.63) is 47.7 Å². The maximum atomic E-state index is 16.7. The van der Waals surface area contributed by atoms with Gasteiger partial charge in [-0.1, -0.05) is 13.0 Å². The summed E-state index contributed by atoms with van der Waals surface area (Å²) in [6.45, 7) is 4.09. The molecule has 8 nitrogen and oxygen atoms in total. The first kappa shape index (κ1) is 29.0. The van der Waals surface area contributed by atoms with E-state index in [2.05, 4.69) is 14.9 Å². The van der Waals surface area contributed by atoms with Crippen LogP contribution >= 0.6 is 0 Å². The highest BCUT2D eigenvalue weighted by molar-refractivity contribution is 6.01. The molecule has 11 heteroatoms. The summed E-state index contributed by atoms with van der Waals surface area (Å²) >= 11 is 0. The van der Waals surface area contributed by atoms with Crippen LogP contribution < -0.4 is 9.64 Å². The molecule has 3 fully saturated rings. The number of aromatic nitrogens is 3. The third kappa shape index (κ3) is 4.99. The number of benzene rings is 2. The molecule has 0 aliphatic carbocycles. The standard InChI is InChI=1S/C33H36F3N5O3/c1-2-23-26(35)8-7-19-12-22(43)13-24(27(19)23)29-28(36)30-25(15-37-29)31(40-10-4-3-6-21(42)17-40)39-32(38-30)44-18-33-9-5-11-41(33)16-20(34)14-33/h7-8,12-13,15,20-21,42-43H,2-6,9-11,14,16-18H2,1H3/t20-,21-,33+/m1/s1. The van der Waals surface area contributed by atoms with Crippen molar-refractivity contribution >= 4 is 27.5 Å². The molecule has 3 atom stereocenters. The molecule has 0 bridgehead atoms. The molecule has 2 aromatic heterocycles. The van der Waals surface area contributed by atoms with Crippen LogP contribution in [0.3, 0.4) is 0 Å². The molecule has 0 amide bonds. The molecular weight excluding hydrogens is 571 g/mol. The summed E-state index contributed by atoms with van der Waals surface area (Å²) in [5.41, 5.74) is 0.0914. The van der Waals surface area contributed by atoms with Crippen molar-refractivity contribution in [3.63, 3.8) is 0 Å². The highest BCUT2D eigenvalue weighted by atomic mass is 19.1. The van der Waals surface area contributed by atoms with Crippen LogP contribution in [0.4, 0.5) is 19.0 Å². The zero-order valence-electron chi connectivity index (χ0n) is 24.7. The van der Waals surface area contributed by atoms with E-state index in [1.165, 1.54) is 24.4 Å². The SMILES string of the molecule is CCc1c(F)ccc2cc(O)cc(-c3ncc4c(N5CCCC[C@@H](O)C5)nc(OC[C@@]56CCCN5C[C@H](F)C6)nc4c3F)c12. The van der Waals surface area contributed by atoms with Gasteiger partial charge in [-0.2, -0.15) is 9.97 Å². The number of rotatable bonds is 6. The van der Waals surface area contributed by atoms with E-state index >= 15 is 4.39 Å². The predicted octanol–water partition coefficient (Wildman–Crippen LogP) is 5.70. The smallest absolute Gasteiger partial charge is 0.319 e. The van der Waals surface area contributed by atoms with Gasteiger partial charge in [-0.15, -0.1) is 0 Å². The van der Waals surface area contributed by atoms with Crippen molar-refractivity contribution in [2.75, 3.05) is 37.7 Å². The highest BCUT2D eigenvalue weighted by Gasteiger charge is 2.49. The number of aliphatic hydroxyl groups is 1. The average molecular weight is 608 g/mol. The number of aryl methyl sites for hydroxylation is 1. The predicted molar refractivity (Wildman–Crippen MR) is 162 cm³/mol. The maximum Gasteiger partial charge on any atom is 0.319 e. The van der Waals surface area contributed by atoms with E-state index in [-0.39, 0.29) is 35.1 Å². The van der Waals surface area contributed by atoms with Gasteiger partial charge < -0.3 is 19.8 Å². The van der Waals surface area contributed by atoms with Gasteiger partial charge in [0, 0.05) is 37.8 Å². The molecule has 2 aromatic carbocycles. The summed E-state index contributed by atoms with van der Waals surface area (Å²) < 4.78 is 52.3. The summed E-state index contributed by atoms with van der Waals surface area (Å²) in [6.07, 6.45) is 4.81. The van der Waals surface area contributed by atoms with Crippen LogP contribution in [0.2, 0.25) is 0 Å². The zero-order chi connectivity index (χ0) is 30.6. The van der Waals surface area contributed by atoms with Gasteiger partial charge >= 0.3 is 6.01 Å². The third-order valence-corrected chi connectivity index (χ3v) is 9.58. The van der Waals surface area contributed by atoms with E-state index < -0.39 is 29.4 Å². The Kier molecular flexibility index (Phi) is 7.48. The van der Waals surface area contributed by atoms with Crippen LogP contribution in [0, 0.1) is 11.6 Å². The number of halogens is 3. The number of aromatic hydroxyl groups is 1. The van der Waals surface area contributed by atoms with Crippen molar-refractivity contribution < 1.29 is 28.1 Å². The topological polar surface area (TPSA) is 94.8 Å². The monoisotopic (exact) mass is 607 g/mol. The van der Waals surface area contributed by atoms with E-state index in [0.29, 0.717) is 66.4 Å². The molecule has 2 N–H and O–H groups in total. The van der Waals surface area contributed by atoms with E-state index in [1.54, 1.807) is 6.07 Å². The fourth-order valence-electron chi connectivity index (χ4n) is 7.51. The number of alkyl halides is 1. The number of β-amino-alcohol motifs (C(OH)–C–C–N with tert-alkyl or cyclic N) is 1. The molecular formula is C33H36F3N5O3. The van der Waals surface area contributed by atoms with Gasteiger partial charge in [-0.3, -0.25) is 9.88 Å². The molecule has 5 heterocycles. The Hall–Kier alpha value is -3.70. The van der Waals surface area contributed by atoms with E-state index in [1.807, 2.05) is 11.8 Å². The molecule has 3 aliphatic rings. The van der Waals surface area contributed by atoms with Crippen molar-refractivity contribution in [2.24, 2.45) is 0 Å². The molecule has 3 saturated heterocycles. The molecule has 4 aromatic rings. The number of phenolic OH excluding ortho intramolecular Hbond substituents is 1. The quantitative estimate of drug-likeness (QED) is 0.289. The number of hydrogen-bond acceptors (Lipinski definition) is 8. The number of fused-ring (bicyclic) bond motifs is 3. The molecule has 3 aliphatic heterocycles. The lowest BCUT2D eigenvalue weighted by atomic mass is 9.94. The van der Waals surface area contributed by atoms with E-state index in [0.717, 1.165) is 32.2 Å². The second-order valence-electron chi connectivity index (χ2n) is 12.4.